The number of rotatable bonds is 9. The summed E-state index contributed by atoms with van der Waals surface area (Å²) in [5.41, 5.74) is -2.17. The first kappa shape index (κ1) is 26.0. The number of allylic oxidation sites excluding steroid dienone is 1. The van der Waals surface area contributed by atoms with Crippen molar-refractivity contribution in [2.45, 2.75) is 32.6 Å². The van der Waals surface area contributed by atoms with Crippen molar-refractivity contribution in [3.63, 3.8) is 0 Å². The number of aliphatic carboxylic acids is 1. The second-order valence-corrected chi connectivity index (χ2v) is 9.04. The van der Waals surface area contributed by atoms with Crippen LogP contribution in [0.2, 0.25) is 0 Å². The van der Waals surface area contributed by atoms with Crippen LogP contribution in [-0.2, 0) is 16.0 Å². The largest absolute Gasteiger partial charge is 0.549 e. The van der Waals surface area contributed by atoms with Crippen molar-refractivity contribution in [3.05, 3.63) is 71.3 Å². The van der Waals surface area contributed by atoms with Crippen LogP contribution < -0.4 is 9.84 Å². The number of hydrogen-bond acceptors (Lipinski definition) is 4. The Labute approximate surface area is 197 Å². The molecule has 1 fully saturated rings. The molecule has 2 aromatic carbocycles. The number of halogens is 6. The summed E-state index contributed by atoms with van der Waals surface area (Å²) in [6.45, 7) is 0.859. The summed E-state index contributed by atoms with van der Waals surface area (Å²) in [5, 5.41) is 10.9. The van der Waals surface area contributed by atoms with Crippen molar-refractivity contribution >= 4 is 17.6 Å². The Morgan fingerprint density at radius 3 is 2.26 bits per heavy atom. The Balaban J connectivity index is 1.84. The molecule has 1 aliphatic carbocycles. The van der Waals surface area contributed by atoms with E-state index in [9.17, 15) is 31.9 Å². The topological polar surface area (TPSA) is 58.6 Å². The van der Waals surface area contributed by atoms with Gasteiger partial charge in [-0.2, -0.15) is 22.0 Å². The molecule has 0 saturated heterocycles. The van der Waals surface area contributed by atoms with Gasteiger partial charge in [-0.1, -0.05) is 61.9 Å². The van der Waals surface area contributed by atoms with E-state index < -0.39 is 46.6 Å². The molecule has 2 aromatic rings. The number of carbonyl (C=O) groups is 1. The standard InChI is InChI=1S/C24H22ClF5O4/c1-21(2)18(12-19(25)24(29,30)33-14-23(26,27)28)22(21,20(31)32)13-15-7-6-10-17(11-15)34-16-8-4-3-5-9-16/h3-12,18H,13-14H2,1-2H3,(H,31,32)/p-1. The van der Waals surface area contributed by atoms with Crippen molar-refractivity contribution in [1.29, 1.82) is 0 Å². The molecule has 10 heteroatoms. The van der Waals surface area contributed by atoms with Gasteiger partial charge in [-0.3, -0.25) is 0 Å². The van der Waals surface area contributed by atoms with Gasteiger partial charge in [0.25, 0.3) is 0 Å². The highest BCUT2D eigenvalue weighted by molar-refractivity contribution is 6.30. The Morgan fingerprint density at radius 2 is 1.68 bits per heavy atom. The zero-order chi connectivity index (χ0) is 25.4. The minimum absolute atomic E-state index is 0.103. The minimum Gasteiger partial charge on any atom is -0.549 e. The number of alkyl halides is 5. The molecule has 0 spiro atoms. The van der Waals surface area contributed by atoms with Crippen molar-refractivity contribution < 1.29 is 41.3 Å². The summed E-state index contributed by atoms with van der Waals surface area (Å²) in [4.78, 5) is 12.2. The maximum Gasteiger partial charge on any atom is 0.412 e. The number of carboxylic acids is 1. The molecule has 0 aliphatic heterocycles. The van der Waals surface area contributed by atoms with Gasteiger partial charge in [-0.15, -0.1) is 0 Å². The first-order valence-electron chi connectivity index (χ1n) is 10.2. The number of ether oxygens (including phenoxy) is 2. The monoisotopic (exact) mass is 503 g/mol. The molecule has 34 heavy (non-hydrogen) atoms. The Kier molecular flexibility index (Phi) is 7.01. The van der Waals surface area contributed by atoms with E-state index in [1.807, 2.05) is 6.07 Å². The molecule has 0 radical (unpaired) electrons. The smallest absolute Gasteiger partial charge is 0.412 e. The van der Waals surface area contributed by atoms with E-state index in [1.165, 1.54) is 13.8 Å². The molecule has 0 bridgehead atoms. The summed E-state index contributed by atoms with van der Waals surface area (Å²) >= 11 is 5.60. The molecule has 2 unspecified atom stereocenters. The molecular weight excluding hydrogens is 483 g/mol. The number of carbonyl (C=O) groups excluding carboxylic acids is 1. The fraction of sp³-hybridized carbons (Fsp3) is 0.375. The highest BCUT2D eigenvalue weighted by Crippen LogP contribution is 2.71. The third-order valence-corrected chi connectivity index (χ3v) is 6.45. The van der Waals surface area contributed by atoms with Crippen LogP contribution in [-0.4, -0.2) is 24.9 Å². The second-order valence-electron chi connectivity index (χ2n) is 8.63. The summed E-state index contributed by atoms with van der Waals surface area (Å²) in [5.74, 6) is -1.53. The van der Waals surface area contributed by atoms with Gasteiger partial charge in [-0.25, -0.2) is 0 Å². The average molecular weight is 504 g/mol. The van der Waals surface area contributed by atoms with Gasteiger partial charge in [0, 0.05) is 11.4 Å². The number of para-hydroxylation sites is 1. The van der Waals surface area contributed by atoms with Crippen LogP contribution >= 0.6 is 11.6 Å². The molecule has 2 atom stereocenters. The van der Waals surface area contributed by atoms with Crippen LogP contribution in [0.25, 0.3) is 0 Å². The van der Waals surface area contributed by atoms with Crippen LogP contribution in [0.15, 0.2) is 65.7 Å². The van der Waals surface area contributed by atoms with Crippen molar-refractivity contribution in [2.75, 3.05) is 6.61 Å². The highest BCUT2D eigenvalue weighted by Gasteiger charge is 2.71. The molecule has 1 aliphatic rings. The van der Waals surface area contributed by atoms with Crippen LogP contribution in [0.3, 0.4) is 0 Å². The minimum atomic E-state index is -4.99. The molecule has 0 amide bonds. The molecule has 1 saturated carbocycles. The van der Waals surface area contributed by atoms with Crippen molar-refractivity contribution in [1.82, 2.24) is 0 Å². The number of carboxylic acid groups (broad SMARTS) is 1. The maximum absolute atomic E-state index is 14.0. The van der Waals surface area contributed by atoms with Crippen molar-refractivity contribution in [3.8, 4) is 11.5 Å². The summed E-state index contributed by atoms with van der Waals surface area (Å²) in [7, 11) is 0. The lowest BCUT2D eigenvalue weighted by molar-refractivity contribution is -0.315. The SMILES string of the molecule is CC1(C)C(C=C(Cl)C(F)(F)OCC(F)(F)F)C1(Cc1cccc(Oc2ccccc2)c1)C(=O)[O-]. The molecule has 0 aromatic heterocycles. The van der Waals surface area contributed by atoms with E-state index in [0.29, 0.717) is 17.1 Å². The Bertz CT molecular complexity index is 1070. The van der Waals surface area contributed by atoms with Gasteiger partial charge in [0.1, 0.15) is 23.1 Å². The predicted molar refractivity (Wildman–Crippen MR) is 112 cm³/mol. The average Bonchev–Trinajstić information content (AvgIpc) is 3.21. The van der Waals surface area contributed by atoms with Gasteiger partial charge in [0.2, 0.25) is 0 Å². The van der Waals surface area contributed by atoms with E-state index in [0.717, 1.165) is 6.08 Å². The van der Waals surface area contributed by atoms with E-state index in [1.54, 1.807) is 48.5 Å². The molecule has 184 valence electrons. The highest BCUT2D eigenvalue weighted by atomic mass is 35.5. The van der Waals surface area contributed by atoms with E-state index in [2.05, 4.69) is 4.74 Å². The molecular formula is C24H21ClF5O4-. The molecule has 3 rings (SSSR count). The van der Waals surface area contributed by atoms with Gasteiger partial charge >= 0.3 is 12.3 Å². The first-order valence-corrected chi connectivity index (χ1v) is 10.6. The molecule has 0 heterocycles. The second kappa shape index (κ2) is 9.19. The van der Waals surface area contributed by atoms with Gasteiger partial charge in [-0.05, 0) is 47.6 Å². The molecule has 0 N–H and O–H groups in total. The van der Waals surface area contributed by atoms with Gasteiger partial charge in [0.15, 0.2) is 0 Å². The van der Waals surface area contributed by atoms with Crippen LogP contribution in [0.4, 0.5) is 22.0 Å². The Hall–Kier alpha value is -2.65. The lowest BCUT2D eigenvalue weighted by atomic mass is 9.88. The first-order chi connectivity index (χ1) is 15.7. The third-order valence-electron chi connectivity index (χ3n) is 6.11. The lowest BCUT2D eigenvalue weighted by Crippen LogP contribution is -2.38. The molecule has 4 nitrogen and oxygen atoms in total. The van der Waals surface area contributed by atoms with Crippen LogP contribution in [0, 0.1) is 16.7 Å². The lowest BCUT2D eigenvalue weighted by Gasteiger charge is -2.22. The normalized spacial score (nSPS) is 22.4. The summed E-state index contributed by atoms with van der Waals surface area (Å²) in [6, 6.07) is 15.5. The number of hydrogen-bond donors (Lipinski definition) is 0. The van der Waals surface area contributed by atoms with E-state index in [4.69, 9.17) is 16.3 Å². The fourth-order valence-corrected chi connectivity index (χ4v) is 4.38. The third kappa shape index (κ3) is 5.36. The van der Waals surface area contributed by atoms with Gasteiger partial charge in [0.05, 0.1) is 0 Å². The number of benzene rings is 2. The van der Waals surface area contributed by atoms with Crippen molar-refractivity contribution in [2.24, 2.45) is 16.7 Å². The zero-order valence-corrected chi connectivity index (χ0v) is 18.9. The van der Waals surface area contributed by atoms with E-state index >= 15 is 0 Å². The summed E-state index contributed by atoms with van der Waals surface area (Å²) in [6.07, 6.45) is -8.77. The zero-order valence-electron chi connectivity index (χ0n) is 18.2. The predicted octanol–water partition coefficient (Wildman–Crippen LogP) is 5.71. The van der Waals surface area contributed by atoms with Crippen LogP contribution in [0.5, 0.6) is 11.5 Å². The maximum atomic E-state index is 14.0. The Morgan fingerprint density at radius 1 is 1.06 bits per heavy atom. The van der Waals surface area contributed by atoms with Crippen LogP contribution in [0.1, 0.15) is 19.4 Å². The quantitative estimate of drug-likeness (QED) is 0.411. The fourth-order valence-electron chi connectivity index (χ4n) is 4.20. The summed E-state index contributed by atoms with van der Waals surface area (Å²) < 4.78 is 74.3. The van der Waals surface area contributed by atoms with Gasteiger partial charge < -0.3 is 19.4 Å². The van der Waals surface area contributed by atoms with E-state index in [-0.39, 0.29) is 6.42 Å².